The number of carbonyl (C=O) groups excluding carboxylic acids is 1. The molecule has 76 valence electrons. The first-order valence-electron chi connectivity index (χ1n) is 4.02. The average molecular weight is 291 g/mol. The molecule has 0 amide bonds. The number of hydrogen-bond donors (Lipinski definition) is 0. The zero-order valence-corrected chi connectivity index (χ0v) is 11.9. The second kappa shape index (κ2) is 5.14. The molecule has 2 rings (SSSR count). The molecule has 0 N–H and O–H groups in total. The monoisotopic (exact) mass is 290 g/mol. The minimum Gasteiger partial charge on any atom is -0.545 e. The Hall–Kier alpha value is -0.620. The molecule has 0 unspecified atom stereocenters. The molecule has 0 fully saturated rings. The molecule has 0 bridgehead atoms. The Kier molecular flexibility index (Phi) is 4.32. The van der Waals surface area contributed by atoms with E-state index in [4.69, 9.17) is 4.42 Å². The number of benzene rings is 1. The van der Waals surface area contributed by atoms with Gasteiger partial charge in [-0.15, -0.1) is 0 Å². The molecule has 0 saturated carbocycles. The third-order valence-electron chi connectivity index (χ3n) is 1.91. The summed E-state index contributed by atoms with van der Waals surface area (Å²) >= 11 is 3.23. The fourth-order valence-electron chi connectivity index (χ4n) is 1.24. The van der Waals surface area contributed by atoms with E-state index in [1.54, 1.807) is 18.2 Å². The van der Waals surface area contributed by atoms with E-state index in [2.05, 4.69) is 15.9 Å². The van der Waals surface area contributed by atoms with Gasteiger partial charge in [0.1, 0.15) is 5.58 Å². The summed E-state index contributed by atoms with van der Waals surface area (Å²) in [5.41, 5.74) is -1.03. The fraction of sp³-hybridized carbons (Fsp3) is 0. The van der Waals surface area contributed by atoms with Gasteiger partial charge in [0.05, 0.1) is 11.5 Å². The van der Waals surface area contributed by atoms with Gasteiger partial charge >= 0.3 is 35.2 Å². The van der Waals surface area contributed by atoms with Gasteiger partial charge in [0.2, 0.25) is 0 Å². The Labute approximate surface area is 121 Å². The van der Waals surface area contributed by atoms with Crippen molar-refractivity contribution >= 4 is 32.9 Å². The van der Waals surface area contributed by atoms with Crippen molar-refractivity contribution in [2.24, 2.45) is 0 Å². The molecule has 1 aromatic carbocycles. The Balaban J connectivity index is 0.00000128. The summed E-state index contributed by atoms with van der Waals surface area (Å²) in [5.74, 6) is -1.54. The van der Waals surface area contributed by atoms with Crippen LogP contribution in [0.3, 0.4) is 0 Å². The molecule has 0 radical (unpaired) electrons. The molecular formula is C10H4BrNaO4. The van der Waals surface area contributed by atoms with Crippen LogP contribution in [0.1, 0.15) is 10.4 Å². The number of carbonyl (C=O) groups is 1. The topological polar surface area (TPSA) is 70.3 Å². The first kappa shape index (κ1) is 13.4. The van der Waals surface area contributed by atoms with Gasteiger partial charge in [-0.25, -0.2) is 4.79 Å². The van der Waals surface area contributed by atoms with E-state index in [-0.39, 0.29) is 29.6 Å². The SMILES string of the molecule is O=C([O-])c1cc2cc(Br)ccc2oc1=O.[Na+]. The van der Waals surface area contributed by atoms with Crippen LogP contribution in [0.5, 0.6) is 0 Å². The van der Waals surface area contributed by atoms with Crippen LogP contribution in [0.15, 0.2) is 37.9 Å². The predicted molar refractivity (Wildman–Crippen MR) is 54.5 cm³/mol. The van der Waals surface area contributed by atoms with Gasteiger partial charge < -0.3 is 14.3 Å². The number of carboxylic acid groups (broad SMARTS) is 1. The molecule has 16 heavy (non-hydrogen) atoms. The predicted octanol–water partition coefficient (Wildman–Crippen LogP) is -2.08. The number of fused-ring (bicyclic) bond motifs is 1. The van der Waals surface area contributed by atoms with Crippen LogP contribution in [-0.2, 0) is 0 Å². The van der Waals surface area contributed by atoms with Crippen LogP contribution in [0.4, 0.5) is 0 Å². The van der Waals surface area contributed by atoms with Crippen molar-refractivity contribution in [1.82, 2.24) is 0 Å². The van der Waals surface area contributed by atoms with E-state index in [0.29, 0.717) is 11.0 Å². The molecule has 2 aromatic rings. The molecule has 4 nitrogen and oxygen atoms in total. The summed E-state index contributed by atoms with van der Waals surface area (Å²) < 4.78 is 5.58. The normalized spacial score (nSPS) is 9.81. The van der Waals surface area contributed by atoms with Crippen molar-refractivity contribution in [1.29, 1.82) is 0 Å². The zero-order valence-electron chi connectivity index (χ0n) is 8.32. The summed E-state index contributed by atoms with van der Waals surface area (Å²) in [6.45, 7) is 0. The Morgan fingerprint density at radius 2 is 2.00 bits per heavy atom. The van der Waals surface area contributed by atoms with E-state index in [9.17, 15) is 14.7 Å². The van der Waals surface area contributed by atoms with E-state index < -0.39 is 17.2 Å². The van der Waals surface area contributed by atoms with Gasteiger partial charge in [0.15, 0.2) is 0 Å². The van der Waals surface area contributed by atoms with Crippen molar-refractivity contribution < 1.29 is 43.9 Å². The quantitative estimate of drug-likeness (QED) is 0.447. The molecule has 0 aliphatic carbocycles. The molecule has 6 heteroatoms. The first-order valence-corrected chi connectivity index (χ1v) is 4.82. The Bertz CT molecular complexity index is 605. The Morgan fingerprint density at radius 1 is 1.31 bits per heavy atom. The summed E-state index contributed by atoms with van der Waals surface area (Å²) in [5, 5.41) is 11.1. The first-order chi connectivity index (χ1) is 7.08. The average Bonchev–Trinajstić information content (AvgIpc) is 2.17. The third kappa shape index (κ3) is 2.55. The zero-order chi connectivity index (χ0) is 11.0. The minimum absolute atomic E-state index is 0. The molecule has 0 aliphatic rings. The van der Waals surface area contributed by atoms with E-state index in [1.165, 1.54) is 6.07 Å². The molecule has 0 saturated heterocycles. The van der Waals surface area contributed by atoms with Gasteiger partial charge in [-0.05, 0) is 24.3 Å². The maximum atomic E-state index is 11.2. The van der Waals surface area contributed by atoms with Crippen LogP contribution in [-0.4, -0.2) is 5.97 Å². The third-order valence-corrected chi connectivity index (χ3v) is 2.41. The smallest absolute Gasteiger partial charge is 0.545 e. The number of aromatic carboxylic acids is 1. The van der Waals surface area contributed by atoms with Crippen molar-refractivity contribution in [3.05, 3.63) is 44.7 Å². The molecule has 0 spiro atoms. The van der Waals surface area contributed by atoms with Crippen molar-refractivity contribution in [2.45, 2.75) is 0 Å². The number of carboxylic acids is 1. The van der Waals surface area contributed by atoms with Gasteiger partial charge in [-0.3, -0.25) is 0 Å². The van der Waals surface area contributed by atoms with Crippen LogP contribution >= 0.6 is 15.9 Å². The largest absolute Gasteiger partial charge is 1.00 e. The number of hydrogen-bond acceptors (Lipinski definition) is 4. The summed E-state index contributed by atoms with van der Waals surface area (Å²) in [6.07, 6.45) is 0. The van der Waals surface area contributed by atoms with Gasteiger partial charge in [-0.1, -0.05) is 15.9 Å². The summed E-state index contributed by atoms with van der Waals surface area (Å²) in [7, 11) is 0. The minimum atomic E-state index is -1.54. The van der Waals surface area contributed by atoms with E-state index in [1.807, 2.05) is 0 Å². The van der Waals surface area contributed by atoms with Gasteiger partial charge in [0, 0.05) is 9.86 Å². The molecular weight excluding hydrogens is 287 g/mol. The van der Waals surface area contributed by atoms with E-state index >= 15 is 0 Å². The number of rotatable bonds is 1. The van der Waals surface area contributed by atoms with Crippen molar-refractivity contribution in [3.63, 3.8) is 0 Å². The summed E-state index contributed by atoms with van der Waals surface area (Å²) in [6, 6.07) is 6.18. The molecule has 1 heterocycles. The standard InChI is InChI=1S/C10H5BrO4.Na/c11-6-1-2-8-5(3-6)4-7(9(12)13)10(14)15-8;/h1-4H,(H,12,13);/q;+1/p-1. The van der Waals surface area contributed by atoms with Crippen LogP contribution in [0.2, 0.25) is 0 Å². The van der Waals surface area contributed by atoms with Crippen LogP contribution in [0, 0.1) is 0 Å². The maximum Gasteiger partial charge on any atom is 1.00 e. The maximum absolute atomic E-state index is 11.2. The summed E-state index contributed by atoms with van der Waals surface area (Å²) in [4.78, 5) is 21.7. The van der Waals surface area contributed by atoms with Gasteiger partial charge in [0.25, 0.3) is 0 Å². The van der Waals surface area contributed by atoms with E-state index in [0.717, 1.165) is 4.47 Å². The second-order valence-electron chi connectivity index (χ2n) is 2.92. The fourth-order valence-corrected chi connectivity index (χ4v) is 1.62. The molecule has 1 aromatic heterocycles. The second-order valence-corrected chi connectivity index (χ2v) is 3.83. The van der Waals surface area contributed by atoms with Crippen LogP contribution in [0.25, 0.3) is 11.0 Å². The number of halogens is 1. The Morgan fingerprint density at radius 3 is 2.62 bits per heavy atom. The van der Waals surface area contributed by atoms with Crippen molar-refractivity contribution in [2.75, 3.05) is 0 Å². The molecule has 0 aliphatic heterocycles. The van der Waals surface area contributed by atoms with Crippen molar-refractivity contribution in [3.8, 4) is 0 Å². The molecule has 0 atom stereocenters. The van der Waals surface area contributed by atoms with Crippen LogP contribution < -0.4 is 40.3 Å². The van der Waals surface area contributed by atoms with Gasteiger partial charge in [-0.2, -0.15) is 0 Å².